The van der Waals surface area contributed by atoms with E-state index in [0.717, 1.165) is 4.90 Å². The van der Waals surface area contributed by atoms with Crippen molar-refractivity contribution in [3.05, 3.63) is 29.8 Å². The Hall–Kier alpha value is -3.30. The van der Waals surface area contributed by atoms with Gasteiger partial charge >= 0.3 is 12.1 Å². The zero-order valence-corrected chi connectivity index (χ0v) is 19.1. The number of carbonyl (C=O) groups is 4. The van der Waals surface area contributed by atoms with Crippen LogP contribution >= 0.6 is 0 Å². The standard InChI is InChI=1S/C22H30N4O6/c1-21(2,3)32-20(30)25-12-10-24(11-13-25)17(27)14-26-18(28)22(4,23-19(26)29)15-6-8-16(31-5)9-7-15/h6-9H,10-14H2,1-5H3,(H,23,29). The molecule has 10 heteroatoms. The molecule has 1 aromatic carbocycles. The fourth-order valence-corrected chi connectivity index (χ4v) is 3.66. The van der Waals surface area contributed by atoms with Gasteiger partial charge in [-0.1, -0.05) is 12.1 Å². The first-order chi connectivity index (χ1) is 14.9. The number of nitrogens with zero attached hydrogens (tertiary/aromatic N) is 3. The SMILES string of the molecule is COc1ccc(C2(C)NC(=O)N(CC(=O)N3CCN(C(=O)OC(C)(C)C)CC3)C2=O)cc1. The Morgan fingerprint density at radius 3 is 2.12 bits per heavy atom. The van der Waals surface area contributed by atoms with E-state index in [1.807, 2.05) is 0 Å². The largest absolute Gasteiger partial charge is 0.497 e. The van der Waals surface area contributed by atoms with Crippen LogP contribution in [-0.4, -0.2) is 84.1 Å². The van der Waals surface area contributed by atoms with Crippen molar-refractivity contribution in [3.63, 3.8) is 0 Å². The predicted octanol–water partition coefficient (Wildman–Crippen LogP) is 1.54. The molecule has 174 valence electrons. The predicted molar refractivity (Wildman–Crippen MR) is 115 cm³/mol. The van der Waals surface area contributed by atoms with Crippen molar-refractivity contribution in [1.29, 1.82) is 0 Å². The number of benzene rings is 1. The number of nitrogens with one attached hydrogen (secondary N) is 1. The smallest absolute Gasteiger partial charge is 0.410 e. The normalized spacial score (nSPS) is 21.5. The van der Waals surface area contributed by atoms with Gasteiger partial charge < -0.3 is 24.6 Å². The first-order valence-electron chi connectivity index (χ1n) is 10.5. The summed E-state index contributed by atoms with van der Waals surface area (Å²) < 4.78 is 10.5. The van der Waals surface area contributed by atoms with Crippen LogP contribution in [0.5, 0.6) is 5.75 Å². The number of urea groups is 1. The molecule has 2 saturated heterocycles. The summed E-state index contributed by atoms with van der Waals surface area (Å²) in [4.78, 5) is 54.6. The molecule has 32 heavy (non-hydrogen) atoms. The van der Waals surface area contributed by atoms with Gasteiger partial charge in [0.05, 0.1) is 7.11 Å². The maximum absolute atomic E-state index is 13.1. The monoisotopic (exact) mass is 446 g/mol. The summed E-state index contributed by atoms with van der Waals surface area (Å²) in [6.07, 6.45) is -0.422. The van der Waals surface area contributed by atoms with Gasteiger partial charge in [0.2, 0.25) is 5.91 Å². The zero-order chi connectivity index (χ0) is 23.7. The summed E-state index contributed by atoms with van der Waals surface area (Å²) in [6.45, 7) is 7.89. The first-order valence-corrected chi connectivity index (χ1v) is 10.5. The van der Waals surface area contributed by atoms with Gasteiger partial charge in [0.1, 0.15) is 23.4 Å². The lowest BCUT2D eigenvalue weighted by atomic mass is 9.92. The fourth-order valence-electron chi connectivity index (χ4n) is 3.66. The Labute approximate surface area is 187 Å². The third kappa shape index (κ3) is 4.79. The van der Waals surface area contributed by atoms with E-state index in [-0.39, 0.29) is 12.5 Å². The van der Waals surface area contributed by atoms with Crippen molar-refractivity contribution < 1.29 is 28.7 Å². The molecule has 0 saturated carbocycles. The zero-order valence-electron chi connectivity index (χ0n) is 19.1. The van der Waals surface area contributed by atoms with Crippen LogP contribution in [0.1, 0.15) is 33.3 Å². The molecule has 0 aromatic heterocycles. The summed E-state index contributed by atoms with van der Waals surface area (Å²) in [6, 6.07) is 6.21. The van der Waals surface area contributed by atoms with E-state index >= 15 is 0 Å². The second-order valence-electron chi connectivity index (χ2n) is 9.02. The summed E-state index contributed by atoms with van der Waals surface area (Å²) in [5.41, 5.74) is -1.26. The topological polar surface area (TPSA) is 108 Å². The van der Waals surface area contributed by atoms with Gasteiger partial charge in [0.25, 0.3) is 5.91 Å². The van der Waals surface area contributed by atoms with E-state index < -0.39 is 29.2 Å². The third-order valence-corrected chi connectivity index (χ3v) is 5.52. The van der Waals surface area contributed by atoms with Crippen LogP contribution in [0.2, 0.25) is 0 Å². The molecule has 1 unspecified atom stereocenters. The molecule has 1 atom stereocenters. The van der Waals surface area contributed by atoms with Crippen molar-refractivity contribution in [2.75, 3.05) is 39.8 Å². The minimum atomic E-state index is -1.26. The molecule has 1 aromatic rings. The van der Waals surface area contributed by atoms with Gasteiger partial charge in [-0.25, -0.2) is 9.59 Å². The molecule has 5 amide bonds. The summed E-state index contributed by atoms with van der Waals surface area (Å²) in [5.74, 6) is -0.212. The van der Waals surface area contributed by atoms with Crippen LogP contribution in [0.15, 0.2) is 24.3 Å². The molecular weight excluding hydrogens is 416 g/mol. The quantitative estimate of drug-likeness (QED) is 0.703. The number of hydrogen-bond acceptors (Lipinski definition) is 6. The van der Waals surface area contributed by atoms with Crippen molar-refractivity contribution in [3.8, 4) is 5.75 Å². The van der Waals surface area contributed by atoms with Crippen molar-refractivity contribution in [2.45, 2.75) is 38.8 Å². The second-order valence-corrected chi connectivity index (χ2v) is 9.02. The Morgan fingerprint density at radius 2 is 1.59 bits per heavy atom. The maximum atomic E-state index is 13.1. The van der Waals surface area contributed by atoms with Crippen LogP contribution in [0.25, 0.3) is 0 Å². The Morgan fingerprint density at radius 1 is 1.03 bits per heavy atom. The lowest BCUT2D eigenvalue weighted by Gasteiger charge is -2.36. The van der Waals surface area contributed by atoms with Crippen molar-refractivity contribution in [2.24, 2.45) is 0 Å². The number of carbonyl (C=O) groups excluding carboxylic acids is 4. The number of amides is 5. The molecule has 0 radical (unpaired) electrons. The Bertz CT molecular complexity index is 902. The van der Waals surface area contributed by atoms with Gasteiger partial charge in [-0.15, -0.1) is 0 Å². The lowest BCUT2D eigenvalue weighted by Crippen LogP contribution is -2.54. The van der Waals surface area contributed by atoms with Gasteiger partial charge in [-0.2, -0.15) is 0 Å². The van der Waals surface area contributed by atoms with Crippen LogP contribution < -0.4 is 10.1 Å². The molecule has 0 aliphatic carbocycles. The molecule has 0 bridgehead atoms. The fraction of sp³-hybridized carbons (Fsp3) is 0.545. The first kappa shape index (κ1) is 23.4. The highest BCUT2D eigenvalue weighted by Crippen LogP contribution is 2.30. The molecule has 1 N–H and O–H groups in total. The number of methoxy groups -OCH3 is 1. The van der Waals surface area contributed by atoms with E-state index in [4.69, 9.17) is 9.47 Å². The number of piperazine rings is 1. The van der Waals surface area contributed by atoms with Crippen molar-refractivity contribution in [1.82, 2.24) is 20.0 Å². The maximum Gasteiger partial charge on any atom is 0.410 e. The van der Waals surface area contributed by atoms with Gasteiger partial charge in [0, 0.05) is 26.2 Å². The number of rotatable bonds is 4. The minimum Gasteiger partial charge on any atom is -0.497 e. The van der Waals surface area contributed by atoms with E-state index in [2.05, 4.69) is 5.32 Å². The van der Waals surface area contributed by atoms with Gasteiger partial charge in [-0.05, 0) is 45.4 Å². The molecule has 2 heterocycles. The number of ether oxygens (including phenoxy) is 2. The molecule has 10 nitrogen and oxygen atoms in total. The molecular formula is C22H30N4O6. The second kappa shape index (κ2) is 8.68. The average molecular weight is 447 g/mol. The highest BCUT2D eigenvalue weighted by molar-refractivity contribution is 6.09. The molecule has 0 spiro atoms. The van der Waals surface area contributed by atoms with Gasteiger partial charge in [0.15, 0.2) is 0 Å². The average Bonchev–Trinajstić information content (AvgIpc) is 2.96. The Balaban J connectivity index is 1.60. The Kier molecular flexibility index (Phi) is 6.34. The summed E-state index contributed by atoms with van der Waals surface area (Å²) in [7, 11) is 1.54. The van der Waals surface area contributed by atoms with Gasteiger partial charge in [-0.3, -0.25) is 14.5 Å². The number of imide groups is 1. The van der Waals surface area contributed by atoms with E-state index in [9.17, 15) is 19.2 Å². The van der Waals surface area contributed by atoms with Crippen LogP contribution in [0, 0.1) is 0 Å². The van der Waals surface area contributed by atoms with Crippen molar-refractivity contribution >= 4 is 23.9 Å². The third-order valence-electron chi connectivity index (χ3n) is 5.52. The molecule has 2 fully saturated rings. The van der Waals surface area contributed by atoms with E-state index in [1.54, 1.807) is 68.9 Å². The molecule has 2 aliphatic heterocycles. The summed E-state index contributed by atoms with van der Waals surface area (Å²) in [5, 5.41) is 2.69. The summed E-state index contributed by atoms with van der Waals surface area (Å²) >= 11 is 0. The van der Waals surface area contributed by atoms with E-state index in [0.29, 0.717) is 37.5 Å². The highest BCUT2D eigenvalue weighted by Gasteiger charge is 2.49. The molecule has 3 rings (SSSR count). The minimum absolute atomic E-state index is 0.303. The van der Waals surface area contributed by atoms with E-state index in [1.165, 1.54) is 0 Å². The van der Waals surface area contributed by atoms with Crippen LogP contribution in [0.3, 0.4) is 0 Å². The molecule has 2 aliphatic rings. The highest BCUT2D eigenvalue weighted by atomic mass is 16.6. The van der Waals surface area contributed by atoms with Crippen LogP contribution in [-0.2, 0) is 19.9 Å². The van der Waals surface area contributed by atoms with Crippen LogP contribution in [0.4, 0.5) is 9.59 Å². The lowest BCUT2D eigenvalue weighted by molar-refractivity contribution is -0.139. The number of hydrogen-bond donors (Lipinski definition) is 1.